The molecule has 3 atom stereocenters. The SMILES string of the molecule is Cc1ccc(C2C3C(=O)OC(=O)C3C3(C(=O)c4ccccc4C3=O)N2c2ccc(Cl)c(C)c2)cc1. The number of ketones is 2. The minimum Gasteiger partial charge on any atom is -0.393 e. The second kappa shape index (κ2) is 7.36. The fourth-order valence-corrected chi connectivity index (χ4v) is 6.06. The average Bonchev–Trinajstić information content (AvgIpc) is 3.40. The Kier molecular flexibility index (Phi) is 4.57. The van der Waals surface area contributed by atoms with E-state index in [0.717, 1.165) is 11.1 Å². The van der Waals surface area contributed by atoms with Crippen LogP contribution in [0.1, 0.15) is 43.4 Å². The van der Waals surface area contributed by atoms with Gasteiger partial charge in [-0.05, 0) is 43.2 Å². The fourth-order valence-electron chi connectivity index (χ4n) is 5.94. The molecule has 7 heteroatoms. The van der Waals surface area contributed by atoms with Crippen LogP contribution >= 0.6 is 11.6 Å². The number of aryl methyl sites for hydroxylation is 2. The Labute approximate surface area is 206 Å². The molecule has 3 unspecified atom stereocenters. The number of Topliss-reactive ketones (excluding diaryl/α,β-unsaturated/α-hetero) is 2. The van der Waals surface area contributed by atoms with Gasteiger partial charge in [0.05, 0.1) is 12.0 Å². The Bertz CT molecular complexity index is 1430. The van der Waals surface area contributed by atoms with Crippen LogP contribution in [0.25, 0.3) is 0 Å². The van der Waals surface area contributed by atoms with Gasteiger partial charge in [-0.1, -0.05) is 65.7 Å². The Balaban J connectivity index is 1.69. The molecule has 3 aromatic rings. The molecule has 2 aliphatic heterocycles. The maximum Gasteiger partial charge on any atom is 0.320 e. The van der Waals surface area contributed by atoms with Crippen LogP contribution in [0.2, 0.25) is 5.02 Å². The first-order valence-electron chi connectivity index (χ1n) is 11.3. The van der Waals surface area contributed by atoms with Crippen molar-refractivity contribution < 1.29 is 23.9 Å². The molecule has 35 heavy (non-hydrogen) atoms. The van der Waals surface area contributed by atoms with Crippen molar-refractivity contribution in [3.63, 3.8) is 0 Å². The van der Waals surface area contributed by atoms with Gasteiger partial charge in [-0.3, -0.25) is 19.2 Å². The first-order valence-corrected chi connectivity index (χ1v) is 11.7. The maximum absolute atomic E-state index is 14.2. The van der Waals surface area contributed by atoms with E-state index in [1.165, 1.54) is 0 Å². The van der Waals surface area contributed by atoms with Gasteiger partial charge in [0.25, 0.3) is 0 Å². The molecule has 174 valence electrons. The molecule has 2 fully saturated rings. The highest BCUT2D eigenvalue weighted by molar-refractivity contribution is 6.37. The minimum atomic E-state index is -1.94. The Morgan fingerprint density at radius 1 is 0.829 bits per heavy atom. The van der Waals surface area contributed by atoms with Gasteiger partial charge >= 0.3 is 11.9 Å². The summed E-state index contributed by atoms with van der Waals surface area (Å²) in [7, 11) is 0. The third kappa shape index (κ3) is 2.71. The van der Waals surface area contributed by atoms with E-state index in [1.54, 1.807) is 47.4 Å². The molecule has 6 nitrogen and oxygen atoms in total. The summed E-state index contributed by atoms with van der Waals surface area (Å²) in [5.41, 5.74) is 1.53. The number of nitrogens with zero attached hydrogens (tertiary/aromatic N) is 1. The molecule has 0 bridgehead atoms. The van der Waals surface area contributed by atoms with Crippen molar-refractivity contribution >= 4 is 40.8 Å². The molecule has 1 aliphatic carbocycles. The highest BCUT2D eigenvalue weighted by Crippen LogP contribution is 2.60. The summed E-state index contributed by atoms with van der Waals surface area (Å²) in [6.07, 6.45) is 0. The van der Waals surface area contributed by atoms with Crippen molar-refractivity contribution in [3.05, 3.63) is 99.6 Å². The molecule has 3 aliphatic rings. The van der Waals surface area contributed by atoms with E-state index in [0.29, 0.717) is 16.3 Å². The predicted octanol–water partition coefficient (Wildman–Crippen LogP) is 4.65. The number of cyclic esters (lactones) is 2. The number of carbonyl (C=O) groups is 4. The number of hydrogen-bond acceptors (Lipinski definition) is 6. The van der Waals surface area contributed by atoms with Gasteiger partial charge in [0.15, 0.2) is 17.1 Å². The third-order valence-corrected chi connectivity index (χ3v) is 7.91. The molecule has 6 rings (SSSR count). The molecular weight excluding hydrogens is 466 g/mol. The van der Waals surface area contributed by atoms with Crippen molar-refractivity contribution in [1.29, 1.82) is 0 Å². The van der Waals surface area contributed by atoms with Crippen LogP contribution in [0.3, 0.4) is 0 Å². The zero-order valence-electron chi connectivity index (χ0n) is 18.9. The van der Waals surface area contributed by atoms with Gasteiger partial charge in [-0.15, -0.1) is 0 Å². The van der Waals surface area contributed by atoms with Crippen LogP contribution in [0.5, 0.6) is 0 Å². The lowest BCUT2D eigenvalue weighted by Gasteiger charge is -2.40. The van der Waals surface area contributed by atoms with Crippen LogP contribution in [-0.4, -0.2) is 29.0 Å². The number of ether oxygens (including phenoxy) is 1. The van der Waals surface area contributed by atoms with E-state index >= 15 is 0 Å². The van der Waals surface area contributed by atoms with Crippen molar-refractivity contribution in [2.45, 2.75) is 25.4 Å². The van der Waals surface area contributed by atoms with Crippen molar-refractivity contribution in [2.75, 3.05) is 4.90 Å². The van der Waals surface area contributed by atoms with Gasteiger partial charge in [0, 0.05) is 21.8 Å². The van der Waals surface area contributed by atoms with E-state index in [1.807, 2.05) is 38.1 Å². The molecule has 3 aromatic carbocycles. The Hall–Kier alpha value is -3.77. The van der Waals surface area contributed by atoms with Gasteiger partial charge in [-0.25, -0.2) is 0 Å². The summed E-state index contributed by atoms with van der Waals surface area (Å²) in [5.74, 6) is -4.87. The standard InChI is InChI=1S/C28H20ClNO5/c1-14-7-9-16(10-8-14)23-21-22(27(34)35-26(21)33)28(30(23)17-11-12-20(29)15(2)13-17)24(31)18-5-3-4-6-19(18)25(28)32/h3-13,21-23H,1-2H3. The van der Waals surface area contributed by atoms with Crippen LogP contribution in [0, 0.1) is 25.7 Å². The van der Waals surface area contributed by atoms with Gasteiger partial charge in [0.1, 0.15) is 5.92 Å². The first kappa shape index (κ1) is 21.7. The van der Waals surface area contributed by atoms with Crippen LogP contribution in [-0.2, 0) is 14.3 Å². The Morgan fingerprint density at radius 2 is 1.46 bits per heavy atom. The topological polar surface area (TPSA) is 80.8 Å². The third-order valence-electron chi connectivity index (χ3n) is 7.48. The number of fused-ring (bicyclic) bond motifs is 3. The summed E-state index contributed by atoms with van der Waals surface area (Å²) in [4.78, 5) is 56.4. The zero-order valence-corrected chi connectivity index (χ0v) is 19.7. The highest BCUT2D eigenvalue weighted by Gasteiger charge is 2.76. The molecule has 1 spiro atoms. The molecule has 2 heterocycles. The maximum atomic E-state index is 14.2. The average molecular weight is 486 g/mol. The Morgan fingerprint density at radius 3 is 2.06 bits per heavy atom. The molecule has 0 N–H and O–H groups in total. The lowest BCUT2D eigenvalue weighted by atomic mass is 9.76. The minimum absolute atomic E-state index is 0.239. The molecule has 0 amide bonds. The second-order valence-corrected chi connectivity index (χ2v) is 9.78. The van der Waals surface area contributed by atoms with Gasteiger partial charge in [0.2, 0.25) is 0 Å². The van der Waals surface area contributed by atoms with Gasteiger partial charge in [-0.2, -0.15) is 0 Å². The summed E-state index contributed by atoms with van der Waals surface area (Å²) >= 11 is 6.30. The number of esters is 2. The lowest BCUT2D eigenvalue weighted by Crippen LogP contribution is -2.59. The normalized spacial score (nSPS) is 24.2. The van der Waals surface area contributed by atoms with Gasteiger partial charge < -0.3 is 9.64 Å². The monoisotopic (exact) mass is 485 g/mol. The smallest absolute Gasteiger partial charge is 0.320 e. The van der Waals surface area contributed by atoms with Crippen molar-refractivity contribution in [3.8, 4) is 0 Å². The number of rotatable bonds is 2. The summed E-state index contributed by atoms with van der Waals surface area (Å²) < 4.78 is 5.08. The van der Waals surface area contributed by atoms with Crippen molar-refractivity contribution in [2.24, 2.45) is 11.8 Å². The lowest BCUT2D eigenvalue weighted by molar-refractivity contribution is -0.154. The first-order chi connectivity index (χ1) is 16.8. The highest BCUT2D eigenvalue weighted by atomic mass is 35.5. The van der Waals surface area contributed by atoms with E-state index in [4.69, 9.17) is 16.3 Å². The van der Waals surface area contributed by atoms with E-state index in [-0.39, 0.29) is 11.1 Å². The molecular formula is C28H20ClNO5. The summed E-state index contributed by atoms with van der Waals surface area (Å²) in [6, 6.07) is 18.5. The molecule has 2 saturated heterocycles. The predicted molar refractivity (Wildman–Crippen MR) is 129 cm³/mol. The van der Waals surface area contributed by atoms with Crippen LogP contribution in [0.4, 0.5) is 5.69 Å². The van der Waals surface area contributed by atoms with E-state index < -0.39 is 46.9 Å². The number of anilines is 1. The van der Waals surface area contributed by atoms with E-state index in [2.05, 4.69) is 0 Å². The quantitative estimate of drug-likeness (QED) is 0.388. The number of benzene rings is 3. The summed E-state index contributed by atoms with van der Waals surface area (Å²) in [6.45, 7) is 3.76. The molecule has 0 aromatic heterocycles. The molecule has 0 saturated carbocycles. The number of carbonyl (C=O) groups excluding carboxylic acids is 4. The van der Waals surface area contributed by atoms with E-state index in [9.17, 15) is 19.2 Å². The number of halogens is 1. The van der Waals surface area contributed by atoms with Crippen LogP contribution in [0.15, 0.2) is 66.7 Å². The number of hydrogen-bond donors (Lipinski definition) is 0. The van der Waals surface area contributed by atoms with Crippen molar-refractivity contribution in [1.82, 2.24) is 0 Å². The zero-order chi connectivity index (χ0) is 24.6. The summed E-state index contributed by atoms with van der Waals surface area (Å²) in [5, 5.41) is 0.525. The largest absolute Gasteiger partial charge is 0.393 e. The molecule has 0 radical (unpaired) electrons. The van der Waals surface area contributed by atoms with Crippen LogP contribution < -0.4 is 4.90 Å². The fraction of sp³-hybridized carbons (Fsp3) is 0.214. The second-order valence-electron chi connectivity index (χ2n) is 9.37.